The van der Waals surface area contributed by atoms with Gasteiger partial charge < -0.3 is 15.0 Å². The Morgan fingerprint density at radius 3 is 2.86 bits per heavy atom. The van der Waals surface area contributed by atoms with Gasteiger partial charge in [0, 0.05) is 33.4 Å². The van der Waals surface area contributed by atoms with Gasteiger partial charge in [-0.2, -0.15) is 0 Å². The largest absolute Gasteiger partial charge is 0.381 e. The van der Waals surface area contributed by atoms with E-state index in [0.29, 0.717) is 29.0 Å². The molecule has 0 aliphatic carbocycles. The lowest BCUT2D eigenvalue weighted by molar-refractivity contribution is 0.0495. The summed E-state index contributed by atoms with van der Waals surface area (Å²) in [5.41, 5.74) is 0.310. The van der Waals surface area contributed by atoms with Gasteiger partial charge in [0.15, 0.2) is 0 Å². The molecule has 116 valence electrons. The van der Waals surface area contributed by atoms with Gasteiger partial charge >= 0.3 is 0 Å². The Hall–Kier alpha value is -1.33. The fourth-order valence-electron chi connectivity index (χ4n) is 2.45. The van der Waals surface area contributed by atoms with Crippen molar-refractivity contribution >= 4 is 23.3 Å². The molecule has 0 spiro atoms. The van der Waals surface area contributed by atoms with Crippen molar-refractivity contribution in [1.82, 2.24) is 9.88 Å². The van der Waals surface area contributed by atoms with Crippen LogP contribution in [0.1, 0.15) is 30.3 Å². The van der Waals surface area contributed by atoms with E-state index in [0.717, 1.165) is 32.6 Å². The molecular formula is C15H22ClN3O2. The van der Waals surface area contributed by atoms with Crippen LogP contribution in [0.4, 0.5) is 5.82 Å². The van der Waals surface area contributed by atoms with Crippen LogP contribution < -0.4 is 5.32 Å². The number of rotatable bonds is 5. The zero-order valence-corrected chi connectivity index (χ0v) is 13.3. The van der Waals surface area contributed by atoms with Crippen LogP contribution in [0.15, 0.2) is 12.1 Å². The minimum atomic E-state index is -0.133. The first-order valence-electron chi connectivity index (χ1n) is 7.35. The van der Waals surface area contributed by atoms with Crippen LogP contribution in [-0.4, -0.2) is 49.1 Å². The second-order valence-corrected chi connectivity index (χ2v) is 5.71. The summed E-state index contributed by atoms with van der Waals surface area (Å²) in [5.74, 6) is 1.03. The summed E-state index contributed by atoms with van der Waals surface area (Å²) in [4.78, 5) is 18.5. The lowest BCUT2D eigenvalue weighted by Crippen LogP contribution is -2.34. The molecule has 2 heterocycles. The average Bonchev–Trinajstić information content (AvgIpc) is 2.50. The summed E-state index contributed by atoms with van der Waals surface area (Å²) in [5, 5.41) is 3.48. The van der Waals surface area contributed by atoms with Crippen molar-refractivity contribution in [3.05, 3.63) is 22.8 Å². The maximum absolute atomic E-state index is 12.5. The highest BCUT2D eigenvalue weighted by Crippen LogP contribution is 2.20. The molecule has 1 aliphatic rings. The van der Waals surface area contributed by atoms with E-state index in [1.807, 2.05) is 6.92 Å². The van der Waals surface area contributed by atoms with Crippen LogP contribution in [0, 0.1) is 5.92 Å². The maximum Gasteiger partial charge on any atom is 0.273 e. The lowest BCUT2D eigenvalue weighted by Gasteiger charge is -2.27. The number of carbonyl (C=O) groups is 1. The van der Waals surface area contributed by atoms with Gasteiger partial charge in [-0.15, -0.1) is 0 Å². The Labute approximate surface area is 130 Å². The van der Waals surface area contributed by atoms with Crippen LogP contribution >= 0.6 is 11.6 Å². The SMILES string of the molecule is CCNc1ccc(Cl)c(C(=O)N(C)CC2CCOCC2)n1. The van der Waals surface area contributed by atoms with Crippen molar-refractivity contribution < 1.29 is 9.53 Å². The number of amides is 1. The molecule has 1 saturated heterocycles. The highest BCUT2D eigenvalue weighted by molar-refractivity contribution is 6.33. The normalized spacial score (nSPS) is 15.8. The molecule has 1 fully saturated rings. The van der Waals surface area contributed by atoms with Gasteiger partial charge in [0.2, 0.25) is 0 Å². The van der Waals surface area contributed by atoms with Crippen molar-refractivity contribution in [3.63, 3.8) is 0 Å². The van der Waals surface area contributed by atoms with E-state index in [9.17, 15) is 4.79 Å². The third-order valence-electron chi connectivity index (χ3n) is 3.63. The monoisotopic (exact) mass is 311 g/mol. The molecule has 5 nitrogen and oxygen atoms in total. The minimum absolute atomic E-state index is 0.133. The Morgan fingerprint density at radius 2 is 2.19 bits per heavy atom. The molecule has 0 atom stereocenters. The fraction of sp³-hybridized carbons (Fsp3) is 0.600. The molecule has 0 bridgehead atoms. The second-order valence-electron chi connectivity index (χ2n) is 5.30. The summed E-state index contributed by atoms with van der Waals surface area (Å²) in [7, 11) is 1.80. The summed E-state index contributed by atoms with van der Waals surface area (Å²) in [6, 6.07) is 3.49. The number of nitrogens with one attached hydrogen (secondary N) is 1. The van der Waals surface area contributed by atoms with E-state index in [1.54, 1.807) is 24.1 Å². The first-order valence-corrected chi connectivity index (χ1v) is 7.73. The quantitative estimate of drug-likeness (QED) is 0.908. The molecule has 0 radical (unpaired) electrons. The van der Waals surface area contributed by atoms with Gasteiger partial charge in [0.25, 0.3) is 5.91 Å². The molecule has 1 amide bonds. The zero-order valence-electron chi connectivity index (χ0n) is 12.6. The number of hydrogen-bond donors (Lipinski definition) is 1. The van der Waals surface area contributed by atoms with Crippen LogP contribution in [0.2, 0.25) is 5.02 Å². The number of anilines is 1. The van der Waals surface area contributed by atoms with Crippen molar-refractivity contribution in [3.8, 4) is 0 Å². The van der Waals surface area contributed by atoms with E-state index in [1.165, 1.54) is 0 Å². The molecule has 6 heteroatoms. The van der Waals surface area contributed by atoms with Gasteiger partial charge in [0.05, 0.1) is 5.02 Å². The fourth-order valence-corrected chi connectivity index (χ4v) is 2.64. The van der Waals surface area contributed by atoms with Gasteiger partial charge in [-0.05, 0) is 37.8 Å². The third kappa shape index (κ3) is 4.32. The second kappa shape index (κ2) is 7.61. The minimum Gasteiger partial charge on any atom is -0.381 e. The molecule has 0 unspecified atom stereocenters. The molecule has 21 heavy (non-hydrogen) atoms. The smallest absolute Gasteiger partial charge is 0.273 e. The van der Waals surface area contributed by atoms with E-state index in [-0.39, 0.29) is 5.91 Å². The lowest BCUT2D eigenvalue weighted by atomic mass is 10.00. The number of aromatic nitrogens is 1. The van der Waals surface area contributed by atoms with Crippen molar-refractivity contribution in [2.75, 3.05) is 38.7 Å². The number of carbonyl (C=O) groups excluding carboxylic acids is 1. The van der Waals surface area contributed by atoms with Crippen molar-refractivity contribution in [2.24, 2.45) is 5.92 Å². The summed E-state index contributed by atoms with van der Waals surface area (Å²) in [6.45, 7) is 5.00. The Morgan fingerprint density at radius 1 is 1.48 bits per heavy atom. The van der Waals surface area contributed by atoms with Gasteiger partial charge in [0.1, 0.15) is 11.5 Å². The van der Waals surface area contributed by atoms with Gasteiger partial charge in [-0.1, -0.05) is 11.6 Å². The highest BCUT2D eigenvalue weighted by Gasteiger charge is 2.22. The molecule has 1 aliphatic heterocycles. The summed E-state index contributed by atoms with van der Waals surface area (Å²) >= 11 is 6.12. The number of nitrogens with zero attached hydrogens (tertiary/aromatic N) is 2. The zero-order chi connectivity index (χ0) is 15.2. The topological polar surface area (TPSA) is 54.5 Å². The van der Waals surface area contributed by atoms with Crippen LogP contribution in [-0.2, 0) is 4.74 Å². The molecule has 1 aromatic heterocycles. The molecule has 0 saturated carbocycles. The summed E-state index contributed by atoms with van der Waals surface area (Å²) < 4.78 is 5.34. The van der Waals surface area contributed by atoms with E-state index in [4.69, 9.17) is 16.3 Å². The average molecular weight is 312 g/mol. The highest BCUT2D eigenvalue weighted by atomic mass is 35.5. The molecule has 1 N–H and O–H groups in total. The maximum atomic E-state index is 12.5. The van der Waals surface area contributed by atoms with Gasteiger partial charge in [-0.3, -0.25) is 4.79 Å². The van der Waals surface area contributed by atoms with Crippen LogP contribution in [0.5, 0.6) is 0 Å². The van der Waals surface area contributed by atoms with Crippen LogP contribution in [0.3, 0.4) is 0 Å². The first kappa shape index (κ1) is 16.0. The van der Waals surface area contributed by atoms with Crippen LogP contribution in [0.25, 0.3) is 0 Å². The molecule has 1 aromatic rings. The molecule has 2 rings (SSSR count). The predicted octanol–water partition coefficient (Wildman–Crippen LogP) is 2.67. The Bertz CT molecular complexity index is 490. The van der Waals surface area contributed by atoms with E-state index < -0.39 is 0 Å². The third-order valence-corrected chi connectivity index (χ3v) is 3.93. The van der Waals surface area contributed by atoms with Gasteiger partial charge in [-0.25, -0.2) is 4.98 Å². The Kier molecular flexibility index (Phi) is 5.82. The van der Waals surface area contributed by atoms with E-state index in [2.05, 4.69) is 10.3 Å². The standard InChI is InChI=1S/C15H22ClN3O2/c1-3-17-13-5-4-12(16)14(18-13)15(20)19(2)10-11-6-8-21-9-7-11/h4-5,11H,3,6-10H2,1-2H3,(H,17,18). The number of pyridine rings is 1. The number of hydrogen-bond acceptors (Lipinski definition) is 4. The van der Waals surface area contributed by atoms with Crippen molar-refractivity contribution in [2.45, 2.75) is 19.8 Å². The molecule has 0 aromatic carbocycles. The van der Waals surface area contributed by atoms with E-state index >= 15 is 0 Å². The first-order chi connectivity index (χ1) is 10.1. The summed E-state index contributed by atoms with van der Waals surface area (Å²) in [6.07, 6.45) is 1.99. The predicted molar refractivity (Wildman–Crippen MR) is 83.9 cm³/mol. The number of halogens is 1. The number of ether oxygens (including phenoxy) is 1. The molecular weight excluding hydrogens is 290 g/mol. The van der Waals surface area contributed by atoms with Crippen molar-refractivity contribution in [1.29, 1.82) is 0 Å². The Balaban J connectivity index is 2.05.